The number of nitrogens with one attached hydrogen (secondary N) is 1. The molecule has 1 aliphatic heterocycles. The average Bonchev–Trinajstić information content (AvgIpc) is 3.09. The highest BCUT2D eigenvalue weighted by Gasteiger charge is 2.46. The predicted octanol–water partition coefficient (Wildman–Crippen LogP) is 3.56. The van der Waals surface area contributed by atoms with Gasteiger partial charge >= 0.3 is 6.03 Å². The Morgan fingerprint density at radius 2 is 1.84 bits per heavy atom. The Morgan fingerprint density at radius 3 is 2.44 bits per heavy atom. The van der Waals surface area contributed by atoms with E-state index < -0.39 is 11.8 Å². The van der Waals surface area contributed by atoms with Gasteiger partial charge < -0.3 is 15.2 Å². The van der Waals surface area contributed by atoms with E-state index in [0.717, 1.165) is 5.56 Å². The second kappa shape index (κ2) is 7.09. The molecule has 3 rings (SSSR count). The number of hydrogen-bond acceptors (Lipinski definition) is 3. The van der Waals surface area contributed by atoms with Gasteiger partial charge in [0.2, 0.25) is 0 Å². The number of carbonyl (C=O) groups is 1. The Balaban J connectivity index is 1.92. The first-order valence-electron chi connectivity index (χ1n) is 8.20. The standard InChI is InChI=1S/C20H22N2O3/c1-3-20(2,24)18-22(19(23)21-16-12-8-5-9-13-16)17(14-25-18)15-10-6-4-7-11-15/h3-13,17-18,24H,1,14H2,2H3,(H,21,23)/t17-,18+,20?/m1/s1. The molecule has 2 N–H and O–H groups in total. The van der Waals surface area contributed by atoms with Crippen molar-refractivity contribution in [2.75, 3.05) is 11.9 Å². The topological polar surface area (TPSA) is 61.8 Å². The zero-order valence-corrected chi connectivity index (χ0v) is 14.1. The average molecular weight is 338 g/mol. The Hall–Kier alpha value is -2.63. The van der Waals surface area contributed by atoms with Crippen LogP contribution in [0.2, 0.25) is 0 Å². The lowest BCUT2D eigenvalue weighted by molar-refractivity contribution is -0.0837. The lowest BCUT2D eigenvalue weighted by atomic mass is 10.0. The highest BCUT2D eigenvalue weighted by atomic mass is 16.5. The van der Waals surface area contributed by atoms with Crippen molar-refractivity contribution in [3.8, 4) is 0 Å². The van der Waals surface area contributed by atoms with Gasteiger partial charge in [0.15, 0.2) is 6.23 Å². The third-order valence-corrected chi connectivity index (χ3v) is 4.36. The molecule has 1 saturated heterocycles. The van der Waals surface area contributed by atoms with Crippen LogP contribution in [-0.4, -0.2) is 34.5 Å². The first-order chi connectivity index (χ1) is 12.0. The van der Waals surface area contributed by atoms with E-state index in [2.05, 4.69) is 11.9 Å². The molecule has 0 spiro atoms. The summed E-state index contributed by atoms with van der Waals surface area (Å²) in [6, 6.07) is 18.2. The van der Waals surface area contributed by atoms with Gasteiger partial charge in [-0.3, -0.25) is 4.90 Å². The fraction of sp³-hybridized carbons (Fsp3) is 0.250. The minimum absolute atomic E-state index is 0.290. The molecule has 3 atom stereocenters. The van der Waals surface area contributed by atoms with Crippen LogP contribution < -0.4 is 5.32 Å². The number of rotatable bonds is 4. The lowest BCUT2D eigenvalue weighted by Crippen LogP contribution is -2.51. The van der Waals surface area contributed by atoms with Gasteiger partial charge in [0, 0.05) is 5.69 Å². The van der Waals surface area contributed by atoms with E-state index in [1.165, 1.54) is 6.08 Å². The zero-order chi connectivity index (χ0) is 17.9. The van der Waals surface area contributed by atoms with Gasteiger partial charge in [-0.25, -0.2) is 4.79 Å². The van der Waals surface area contributed by atoms with Crippen molar-refractivity contribution in [3.05, 3.63) is 78.9 Å². The van der Waals surface area contributed by atoms with E-state index >= 15 is 0 Å². The third kappa shape index (κ3) is 3.57. The van der Waals surface area contributed by atoms with Gasteiger partial charge in [0.05, 0.1) is 12.6 Å². The molecule has 25 heavy (non-hydrogen) atoms. The minimum Gasteiger partial charge on any atom is -0.381 e. The molecule has 1 unspecified atom stereocenters. The number of aliphatic hydroxyl groups is 1. The first kappa shape index (κ1) is 17.2. The molecule has 1 fully saturated rings. The van der Waals surface area contributed by atoms with Crippen molar-refractivity contribution in [1.29, 1.82) is 0 Å². The van der Waals surface area contributed by atoms with Crippen LogP contribution in [0.25, 0.3) is 0 Å². The number of urea groups is 1. The largest absolute Gasteiger partial charge is 0.381 e. The second-order valence-electron chi connectivity index (χ2n) is 6.25. The second-order valence-corrected chi connectivity index (χ2v) is 6.25. The van der Waals surface area contributed by atoms with Gasteiger partial charge in [0.25, 0.3) is 0 Å². The Labute approximate surface area is 147 Å². The molecule has 0 bridgehead atoms. The van der Waals surface area contributed by atoms with Crippen molar-refractivity contribution in [2.24, 2.45) is 0 Å². The molecule has 0 radical (unpaired) electrons. The lowest BCUT2D eigenvalue weighted by Gasteiger charge is -2.35. The first-order valence-corrected chi connectivity index (χ1v) is 8.20. The Bertz CT molecular complexity index is 731. The highest BCUT2D eigenvalue weighted by Crippen LogP contribution is 2.36. The van der Waals surface area contributed by atoms with E-state index in [-0.39, 0.29) is 12.1 Å². The Kier molecular flexibility index (Phi) is 4.88. The van der Waals surface area contributed by atoms with E-state index in [4.69, 9.17) is 4.74 Å². The van der Waals surface area contributed by atoms with Crippen LogP contribution in [0.15, 0.2) is 73.3 Å². The van der Waals surface area contributed by atoms with Crippen LogP contribution in [0.3, 0.4) is 0 Å². The summed E-state index contributed by atoms with van der Waals surface area (Å²) < 4.78 is 5.79. The van der Waals surface area contributed by atoms with Gasteiger partial charge in [-0.2, -0.15) is 0 Å². The smallest absolute Gasteiger partial charge is 0.324 e. The SMILES string of the molecule is C=CC(C)(O)[C@@H]1OC[C@H](c2ccccc2)N1C(=O)Nc1ccccc1. The summed E-state index contributed by atoms with van der Waals surface area (Å²) in [6.45, 7) is 5.55. The highest BCUT2D eigenvalue weighted by molar-refractivity contribution is 5.90. The molecule has 130 valence electrons. The van der Waals surface area contributed by atoms with Crippen molar-refractivity contribution < 1.29 is 14.6 Å². The molecule has 0 saturated carbocycles. The normalized spacial score (nSPS) is 22.2. The summed E-state index contributed by atoms with van der Waals surface area (Å²) in [4.78, 5) is 14.5. The molecule has 0 aromatic heterocycles. The van der Waals surface area contributed by atoms with Crippen molar-refractivity contribution in [3.63, 3.8) is 0 Å². The molecule has 0 aliphatic carbocycles. The van der Waals surface area contributed by atoms with E-state index in [0.29, 0.717) is 12.3 Å². The molecular weight excluding hydrogens is 316 g/mol. The molecular formula is C20H22N2O3. The summed E-state index contributed by atoms with van der Waals surface area (Å²) in [5.74, 6) is 0. The van der Waals surface area contributed by atoms with Crippen LogP contribution in [0.5, 0.6) is 0 Å². The molecule has 2 amide bonds. The number of carbonyl (C=O) groups excluding carboxylic acids is 1. The Morgan fingerprint density at radius 1 is 1.24 bits per heavy atom. The fourth-order valence-electron chi connectivity index (χ4n) is 2.95. The molecule has 1 heterocycles. The number of ether oxygens (including phenoxy) is 1. The van der Waals surface area contributed by atoms with E-state index in [1.807, 2.05) is 60.7 Å². The van der Waals surface area contributed by atoms with Crippen LogP contribution in [0.1, 0.15) is 18.5 Å². The number of benzene rings is 2. The van der Waals surface area contributed by atoms with Crippen molar-refractivity contribution >= 4 is 11.7 Å². The van der Waals surface area contributed by atoms with Gasteiger partial charge in [-0.1, -0.05) is 54.6 Å². The summed E-state index contributed by atoms with van der Waals surface area (Å²) >= 11 is 0. The van der Waals surface area contributed by atoms with E-state index in [1.54, 1.807) is 11.8 Å². The maximum atomic E-state index is 13.0. The summed E-state index contributed by atoms with van der Waals surface area (Å²) in [6.07, 6.45) is 0.576. The van der Waals surface area contributed by atoms with Crippen LogP contribution in [-0.2, 0) is 4.74 Å². The molecule has 2 aromatic rings. The monoisotopic (exact) mass is 338 g/mol. The number of hydrogen-bond donors (Lipinski definition) is 2. The number of nitrogens with zero attached hydrogens (tertiary/aromatic N) is 1. The van der Waals surface area contributed by atoms with Crippen molar-refractivity contribution in [2.45, 2.75) is 24.8 Å². The zero-order valence-electron chi connectivity index (χ0n) is 14.1. The minimum atomic E-state index is -1.36. The maximum absolute atomic E-state index is 13.0. The quantitative estimate of drug-likeness (QED) is 0.838. The van der Waals surface area contributed by atoms with E-state index in [9.17, 15) is 9.90 Å². The molecule has 1 aliphatic rings. The van der Waals surface area contributed by atoms with Crippen LogP contribution >= 0.6 is 0 Å². The summed E-state index contributed by atoms with van der Waals surface area (Å²) in [7, 11) is 0. The van der Waals surface area contributed by atoms with Crippen LogP contribution in [0, 0.1) is 0 Å². The predicted molar refractivity (Wildman–Crippen MR) is 97.0 cm³/mol. The van der Waals surface area contributed by atoms with Gasteiger partial charge in [0.1, 0.15) is 5.60 Å². The number of anilines is 1. The molecule has 5 nitrogen and oxygen atoms in total. The van der Waals surface area contributed by atoms with Gasteiger partial charge in [-0.05, 0) is 24.6 Å². The summed E-state index contributed by atoms with van der Waals surface area (Å²) in [5.41, 5.74) is 0.272. The fourth-order valence-corrected chi connectivity index (χ4v) is 2.95. The number of para-hydroxylation sites is 1. The maximum Gasteiger partial charge on any atom is 0.324 e. The summed E-state index contributed by atoms with van der Waals surface area (Å²) in [5, 5.41) is 13.5. The van der Waals surface area contributed by atoms with Gasteiger partial charge in [-0.15, -0.1) is 6.58 Å². The van der Waals surface area contributed by atoms with Crippen LogP contribution in [0.4, 0.5) is 10.5 Å². The van der Waals surface area contributed by atoms with Crippen molar-refractivity contribution in [1.82, 2.24) is 4.90 Å². The molecule has 5 heteroatoms. The third-order valence-electron chi connectivity index (χ3n) is 4.36. The number of amides is 2. The molecule has 2 aromatic carbocycles.